The van der Waals surface area contributed by atoms with Crippen LogP contribution in [-0.4, -0.2) is 28.1 Å². The predicted octanol–water partition coefficient (Wildman–Crippen LogP) is -0.112. The van der Waals surface area contributed by atoms with Gasteiger partial charge in [0.05, 0.1) is 7.11 Å². The minimum Gasteiger partial charge on any atom is -0.481 e. The third-order valence-electron chi connectivity index (χ3n) is 1.39. The van der Waals surface area contributed by atoms with Gasteiger partial charge in [0, 0.05) is 6.07 Å². The highest BCUT2D eigenvalue weighted by Gasteiger charge is 2.05. The zero-order valence-electron chi connectivity index (χ0n) is 7.35. The molecule has 0 amide bonds. The van der Waals surface area contributed by atoms with Crippen molar-refractivity contribution in [2.75, 3.05) is 7.11 Å². The fourth-order valence-electron chi connectivity index (χ4n) is 0.827. The summed E-state index contributed by atoms with van der Waals surface area (Å²) in [4.78, 5) is 7.89. The lowest BCUT2D eigenvalue weighted by molar-refractivity contribution is 0.318. The maximum Gasteiger partial charge on any atom is 0.217 e. The van der Waals surface area contributed by atoms with E-state index in [1.807, 2.05) is 0 Å². The minimum atomic E-state index is -0.0659. The van der Waals surface area contributed by atoms with Crippen molar-refractivity contribution in [1.82, 2.24) is 9.97 Å². The molecule has 3 N–H and O–H groups in total. The third kappa shape index (κ3) is 2.05. The van der Waals surface area contributed by atoms with Crippen molar-refractivity contribution >= 4 is 5.84 Å². The molecule has 1 heterocycles. The van der Waals surface area contributed by atoms with E-state index in [4.69, 9.17) is 15.7 Å². The van der Waals surface area contributed by atoms with Crippen LogP contribution < -0.4 is 10.5 Å². The number of hydrogen-bond donors (Lipinski definition) is 2. The summed E-state index contributed by atoms with van der Waals surface area (Å²) in [7, 11) is 1.48. The molecule has 0 fully saturated rings. The fraction of sp³-hybridized carbons (Fsp3) is 0.286. The van der Waals surface area contributed by atoms with Crippen molar-refractivity contribution in [3.8, 4) is 5.88 Å². The average molecular weight is 182 g/mol. The zero-order chi connectivity index (χ0) is 9.84. The van der Waals surface area contributed by atoms with Crippen LogP contribution in [0.1, 0.15) is 11.5 Å². The molecule has 0 saturated carbocycles. The smallest absolute Gasteiger partial charge is 0.217 e. The Morgan fingerprint density at radius 2 is 2.31 bits per heavy atom. The molecule has 0 atom stereocenters. The molecule has 0 radical (unpaired) electrons. The number of nitrogens with two attached hydrogens (primary N) is 1. The second-order valence-electron chi connectivity index (χ2n) is 2.33. The molecule has 0 spiro atoms. The number of rotatable bonds is 2. The fourth-order valence-corrected chi connectivity index (χ4v) is 0.827. The Morgan fingerprint density at radius 3 is 2.85 bits per heavy atom. The van der Waals surface area contributed by atoms with Crippen LogP contribution in [0.3, 0.4) is 0 Å². The lowest BCUT2D eigenvalue weighted by Gasteiger charge is -2.02. The number of amidine groups is 1. The predicted molar refractivity (Wildman–Crippen MR) is 45.8 cm³/mol. The maximum absolute atomic E-state index is 8.40. The first-order chi connectivity index (χ1) is 6.17. The standard InChI is InChI=1S/C7H10N4O2/c1-4-9-5(7(8)11-12)3-6(10-4)13-2/h3,12H,1-2H3,(H2,8,11). The van der Waals surface area contributed by atoms with Crippen LogP contribution in [0.5, 0.6) is 5.88 Å². The number of aryl methyl sites for hydroxylation is 1. The van der Waals surface area contributed by atoms with Gasteiger partial charge in [-0.1, -0.05) is 5.16 Å². The van der Waals surface area contributed by atoms with Gasteiger partial charge in [0.2, 0.25) is 5.88 Å². The Labute approximate surface area is 75.1 Å². The van der Waals surface area contributed by atoms with Crippen LogP contribution in [0, 0.1) is 6.92 Å². The van der Waals surface area contributed by atoms with Crippen molar-refractivity contribution in [2.24, 2.45) is 10.9 Å². The Bertz CT molecular complexity index is 337. The zero-order valence-corrected chi connectivity index (χ0v) is 7.35. The van der Waals surface area contributed by atoms with Crippen molar-refractivity contribution in [3.05, 3.63) is 17.6 Å². The Hall–Kier alpha value is -1.85. The number of oxime groups is 1. The van der Waals surface area contributed by atoms with Gasteiger partial charge in [0.15, 0.2) is 5.84 Å². The van der Waals surface area contributed by atoms with Gasteiger partial charge < -0.3 is 15.7 Å². The van der Waals surface area contributed by atoms with Crippen LogP contribution in [0.15, 0.2) is 11.2 Å². The Kier molecular flexibility index (Phi) is 2.63. The lowest BCUT2D eigenvalue weighted by Crippen LogP contribution is -2.16. The highest BCUT2D eigenvalue weighted by atomic mass is 16.5. The highest BCUT2D eigenvalue weighted by molar-refractivity contribution is 5.95. The van der Waals surface area contributed by atoms with Crippen molar-refractivity contribution in [2.45, 2.75) is 6.92 Å². The molecule has 0 saturated heterocycles. The highest BCUT2D eigenvalue weighted by Crippen LogP contribution is 2.07. The number of nitrogens with zero attached hydrogens (tertiary/aromatic N) is 3. The van der Waals surface area contributed by atoms with E-state index in [1.54, 1.807) is 6.92 Å². The van der Waals surface area contributed by atoms with Crippen molar-refractivity contribution in [1.29, 1.82) is 0 Å². The Balaban J connectivity index is 3.16. The second kappa shape index (κ2) is 3.70. The largest absolute Gasteiger partial charge is 0.481 e. The van der Waals surface area contributed by atoms with E-state index in [-0.39, 0.29) is 5.84 Å². The average Bonchev–Trinajstić information content (AvgIpc) is 2.15. The first-order valence-corrected chi connectivity index (χ1v) is 3.55. The topological polar surface area (TPSA) is 93.6 Å². The Morgan fingerprint density at radius 1 is 1.62 bits per heavy atom. The van der Waals surface area contributed by atoms with Gasteiger partial charge in [-0.25, -0.2) is 4.98 Å². The van der Waals surface area contributed by atoms with Crippen molar-refractivity contribution in [3.63, 3.8) is 0 Å². The van der Waals surface area contributed by atoms with Gasteiger partial charge in [-0.2, -0.15) is 4.98 Å². The summed E-state index contributed by atoms with van der Waals surface area (Å²) in [5, 5.41) is 11.2. The van der Waals surface area contributed by atoms with Crippen LogP contribution in [0.2, 0.25) is 0 Å². The SMILES string of the molecule is COc1cc(/C(N)=N\O)nc(C)n1. The van der Waals surface area contributed by atoms with E-state index in [2.05, 4.69) is 15.1 Å². The molecule has 0 bridgehead atoms. The molecule has 1 rings (SSSR count). The maximum atomic E-state index is 8.40. The summed E-state index contributed by atoms with van der Waals surface area (Å²) in [6, 6.07) is 1.49. The van der Waals surface area contributed by atoms with Gasteiger partial charge in [0.25, 0.3) is 0 Å². The molecule has 1 aromatic heterocycles. The van der Waals surface area contributed by atoms with Crippen LogP contribution in [-0.2, 0) is 0 Å². The van der Waals surface area contributed by atoms with E-state index in [0.717, 1.165) is 0 Å². The lowest BCUT2D eigenvalue weighted by atomic mass is 10.3. The van der Waals surface area contributed by atoms with Gasteiger partial charge in [-0.15, -0.1) is 0 Å². The summed E-state index contributed by atoms with van der Waals surface area (Å²) < 4.78 is 4.89. The summed E-state index contributed by atoms with van der Waals surface area (Å²) >= 11 is 0. The molecule has 0 aliphatic carbocycles. The first kappa shape index (κ1) is 9.24. The summed E-state index contributed by atoms with van der Waals surface area (Å²) in [5.41, 5.74) is 5.68. The summed E-state index contributed by atoms with van der Waals surface area (Å²) in [6.45, 7) is 1.69. The monoisotopic (exact) mass is 182 g/mol. The quantitative estimate of drug-likeness (QED) is 0.288. The summed E-state index contributed by atoms with van der Waals surface area (Å²) in [5.74, 6) is 0.818. The molecule has 6 nitrogen and oxygen atoms in total. The first-order valence-electron chi connectivity index (χ1n) is 3.55. The van der Waals surface area contributed by atoms with Gasteiger partial charge in [-0.05, 0) is 6.92 Å². The molecular formula is C7H10N4O2. The molecule has 0 unspecified atom stereocenters. The third-order valence-corrected chi connectivity index (χ3v) is 1.39. The van der Waals surface area contributed by atoms with Crippen molar-refractivity contribution < 1.29 is 9.94 Å². The van der Waals surface area contributed by atoms with E-state index in [1.165, 1.54) is 13.2 Å². The molecule has 13 heavy (non-hydrogen) atoms. The summed E-state index contributed by atoms with van der Waals surface area (Å²) in [6.07, 6.45) is 0. The van der Waals surface area contributed by atoms with Gasteiger partial charge >= 0.3 is 0 Å². The van der Waals surface area contributed by atoms with E-state index in [0.29, 0.717) is 17.4 Å². The number of ether oxygens (including phenoxy) is 1. The molecule has 0 aliphatic rings. The molecule has 0 aliphatic heterocycles. The molecular weight excluding hydrogens is 172 g/mol. The van der Waals surface area contributed by atoms with Crippen LogP contribution in [0.25, 0.3) is 0 Å². The second-order valence-corrected chi connectivity index (χ2v) is 2.33. The van der Waals surface area contributed by atoms with E-state index < -0.39 is 0 Å². The van der Waals surface area contributed by atoms with E-state index in [9.17, 15) is 0 Å². The van der Waals surface area contributed by atoms with Gasteiger partial charge in [-0.3, -0.25) is 0 Å². The molecule has 6 heteroatoms. The minimum absolute atomic E-state index is 0.0659. The molecule has 1 aromatic rings. The van der Waals surface area contributed by atoms with Crippen LogP contribution in [0.4, 0.5) is 0 Å². The molecule has 0 aromatic carbocycles. The number of methoxy groups -OCH3 is 1. The van der Waals surface area contributed by atoms with E-state index >= 15 is 0 Å². The number of aromatic nitrogens is 2. The molecule has 70 valence electrons. The number of hydrogen-bond acceptors (Lipinski definition) is 5. The van der Waals surface area contributed by atoms with Gasteiger partial charge in [0.1, 0.15) is 11.5 Å². The van der Waals surface area contributed by atoms with Crippen LogP contribution >= 0.6 is 0 Å². The normalized spacial score (nSPS) is 11.4.